The van der Waals surface area contributed by atoms with Crippen LogP contribution in [0, 0.1) is 5.92 Å². The van der Waals surface area contributed by atoms with Crippen molar-refractivity contribution in [3.63, 3.8) is 0 Å². The summed E-state index contributed by atoms with van der Waals surface area (Å²) in [5, 5.41) is 1.01. The van der Waals surface area contributed by atoms with Crippen molar-refractivity contribution in [3.05, 3.63) is 30.5 Å². The van der Waals surface area contributed by atoms with Crippen molar-refractivity contribution in [1.82, 2.24) is 4.98 Å². The highest BCUT2D eigenvalue weighted by Gasteiger charge is 2.20. The van der Waals surface area contributed by atoms with Gasteiger partial charge in [0.25, 0.3) is 0 Å². The predicted molar refractivity (Wildman–Crippen MR) is 78.2 cm³/mol. The van der Waals surface area contributed by atoms with Gasteiger partial charge in [-0.05, 0) is 49.8 Å². The summed E-state index contributed by atoms with van der Waals surface area (Å²) in [5.41, 5.74) is 7.50. The fourth-order valence-electron chi connectivity index (χ4n) is 2.80. The van der Waals surface area contributed by atoms with Crippen LogP contribution in [0.5, 0.6) is 5.75 Å². The van der Waals surface area contributed by atoms with Gasteiger partial charge in [0.05, 0.1) is 17.3 Å². The maximum Gasteiger partial charge on any atom is 0.130 e. The van der Waals surface area contributed by atoms with E-state index in [2.05, 4.69) is 11.9 Å². The second kappa shape index (κ2) is 5.08. The highest BCUT2D eigenvalue weighted by Crippen LogP contribution is 2.31. The van der Waals surface area contributed by atoms with Crippen molar-refractivity contribution in [2.75, 3.05) is 5.73 Å². The number of ether oxygens (including phenoxy) is 1. The Bertz CT molecular complexity index is 574. The lowest BCUT2D eigenvalue weighted by atomic mass is 9.89. The predicted octanol–water partition coefficient (Wildman–Crippen LogP) is 3.77. The van der Waals surface area contributed by atoms with Gasteiger partial charge in [-0.25, -0.2) is 0 Å². The number of nitrogens with two attached hydrogens (primary N) is 1. The van der Waals surface area contributed by atoms with Gasteiger partial charge in [-0.2, -0.15) is 0 Å². The van der Waals surface area contributed by atoms with Crippen molar-refractivity contribution in [2.24, 2.45) is 5.92 Å². The first-order valence-electron chi connectivity index (χ1n) is 7.04. The number of anilines is 1. The third-order valence-corrected chi connectivity index (χ3v) is 4.02. The van der Waals surface area contributed by atoms with E-state index in [0.29, 0.717) is 11.8 Å². The van der Waals surface area contributed by atoms with Crippen LogP contribution >= 0.6 is 0 Å². The van der Waals surface area contributed by atoms with Crippen LogP contribution in [0.25, 0.3) is 10.9 Å². The first kappa shape index (κ1) is 12.3. The van der Waals surface area contributed by atoms with Crippen LogP contribution in [0.1, 0.15) is 32.6 Å². The van der Waals surface area contributed by atoms with Crippen LogP contribution in [0.15, 0.2) is 30.5 Å². The number of benzene rings is 1. The summed E-state index contributed by atoms with van der Waals surface area (Å²) in [4.78, 5) is 4.34. The van der Waals surface area contributed by atoms with Gasteiger partial charge < -0.3 is 10.5 Å². The zero-order valence-corrected chi connectivity index (χ0v) is 11.3. The molecule has 2 N–H and O–H groups in total. The van der Waals surface area contributed by atoms with E-state index in [4.69, 9.17) is 10.5 Å². The van der Waals surface area contributed by atoms with E-state index in [1.807, 2.05) is 24.3 Å². The molecule has 0 unspecified atom stereocenters. The summed E-state index contributed by atoms with van der Waals surface area (Å²) in [5.74, 6) is 1.75. The van der Waals surface area contributed by atoms with Crippen molar-refractivity contribution in [1.29, 1.82) is 0 Å². The molecule has 0 atom stereocenters. The van der Waals surface area contributed by atoms with Crippen LogP contribution in [0.3, 0.4) is 0 Å². The molecular weight excluding hydrogens is 236 g/mol. The highest BCUT2D eigenvalue weighted by molar-refractivity contribution is 5.93. The Morgan fingerprint density at radius 1 is 1.16 bits per heavy atom. The highest BCUT2D eigenvalue weighted by atomic mass is 16.5. The fourth-order valence-corrected chi connectivity index (χ4v) is 2.80. The second-order valence-corrected chi connectivity index (χ2v) is 5.55. The molecule has 0 saturated heterocycles. The van der Waals surface area contributed by atoms with Crippen LogP contribution < -0.4 is 10.5 Å². The number of hydrogen-bond donors (Lipinski definition) is 1. The van der Waals surface area contributed by atoms with Crippen LogP contribution in [0.4, 0.5) is 5.69 Å². The normalized spacial score (nSPS) is 23.4. The molecule has 2 aromatic rings. The summed E-state index contributed by atoms with van der Waals surface area (Å²) in [7, 11) is 0. The Labute approximate surface area is 113 Å². The van der Waals surface area contributed by atoms with Gasteiger partial charge in [0.1, 0.15) is 5.75 Å². The number of pyridine rings is 1. The van der Waals surface area contributed by atoms with E-state index < -0.39 is 0 Å². The maximum atomic E-state index is 6.18. The average Bonchev–Trinajstić information content (AvgIpc) is 2.43. The molecule has 0 amide bonds. The van der Waals surface area contributed by atoms with Crippen molar-refractivity contribution < 1.29 is 4.74 Å². The summed E-state index contributed by atoms with van der Waals surface area (Å²) in [6.07, 6.45) is 6.93. The van der Waals surface area contributed by atoms with Gasteiger partial charge >= 0.3 is 0 Å². The Morgan fingerprint density at radius 2 is 1.95 bits per heavy atom. The van der Waals surface area contributed by atoms with E-state index in [0.717, 1.165) is 35.4 Å². The number of aromatic nitrogens is 1. The minimum Gasteiger partial charge on any atom is -0.490 e. The molecule has 3 nitrogen and oxygen atoms in total. The van der Waals surface area contributed by atoms with E-state index in [1.54, 1.807) is 6.20 Å². The van der Waals surface area contributed by atoms with E-state index in [-0.39, 0.29) is 0 Å². The molecule has 0 aliphatic heterocycles. The van der Waals surface area contributed by atoms with Crippen LogP contribution in [-0.4, -0.2) is 11.1 Å². The fraction of sp³-hybridized carbons (Fsp3) is 0.438. The van der Waals surface area contributed by atoms with Gasteiger partial charge in [-0.1, -0.05) is 13.0 Å². The molecule has 0 bridgehead atoms. The number of para-hydroxylation sites is 1. The van der Waals surface area contributed by atoms with E-state index in [9.17, 15) is 0 Å². The first-order chi connectivity index (χ1) is 9.24. The largest absolute Gasteiger partial charge is 0.490 e. The first-order valence-corrected chi connectivity index (χ1v) is 7.04. The summed E-state index contributed by atoms with van der Waals surface area (Å²) >= 11 is 0. The number of nitrogen functional groups attached to an aromatic ring is 1. The van der Waals surface area contributed by atoms with Crippen LogP contribution in [0.2, 0.25) is 0 Å². The summed E-state index contributed by atoms with van der Waals surface area (Å²) in [6.45, 7) is 2.32. The zero-order valence-electron chi connectivity index (χ0n) is 11.3. The molecule has 1 aliphatic rings. The standard InChI is InChI=1S/C16H20N2O/c1-11-5-7-12(8-6-11)19-15-9-10-18-16-13(15)3-2-4-14(16)17/h2-4,9-12H,5-8,17H2,1H3. The molecule has 0 spiro atoms. The maximum absolute atomic E-state index is 6.18. The van der Waals surface area contributed by atoms with Crippen molar-refractivity contribution >= 4 is 16.6 Å². The minimum atomic E-state index is 0.336. The van der Waals surface area contributed by atoms with Gasteiger partial charge in [-0.3, -0.25) is 4.98 Å². The Kier molecular flexibility index (Phi) is 3.28. The lowest BCUT2D eigenvalue weighted by Crippen LogP contribution is -2.23. The second-order valence-electron chi connectivity index (χ2n) is 5.55. The molecule has 1 aromatic carbocycles. The molecule has 1 aromatic heterocycles. The molecule has 1 fully saturated rings. The number of hydrogen-bond acceptors (Lipinski definition) is 3. The van der Waals surface area contributed by atoms with Gasteiger partial charge in [0, 0.05) is 11.6 Å². The van der Waals surface area contributed by atoms with Gasteiger partial charge in [0.15, 0.2) is 0 Å². The quantitative estimate of drug-likeness (QED) is 0.832. The zero-order chi connectivity index (χ0) is 13.2. The summed E-state index contributed by atoms with van der Waals surface area (Å²) in [6, 6.07) is 7.80. The van der Waals surface area contributed by atoms with Crippen molar-refractivity contribution in [3.8, 4) is 5.75 Å². The number of fused-ring (bicyclic) bond motifs is 1. The van der Waals surface area contributed by atoms with Gasteiger partial charge in [-0.15, -0.1) is 0 Å². The average molecular weight is 256 g/mol. The van der Waals surface area contributed by atoms with Gasteiger partial charge in [0.2, 0.25) is 0 Å². The molecule has 3 rings (SSSR count). The smallest absolute Gasteiger partial charge is 0.130 e. The van der Waals surface area contributed by atoms with Crippen LogP contribution in [-0.2, 0) is 0 Å². The minimum absolute atomic E-state index is 0.336. The molecule has 0 radical (unpaired) electrons. The third kappa shape index (κ3) is 2.50. The summed E-state index contributed by atoms with van der Waals surface area (Å²) < 4.78 is 6.18. The number of rotatable bonds is 2. The SMILES string of the molecule is CC1CCC(Oc2ccnc3c(N)cccc23)CC1. The molecular formula is C16H20N2O. The van der Waals surface area contributed by atoms with E-state index in [1.165, 1.54) is 12.8 Å². The lowest BCUT2D eigenvalue weighted by Gasteiger charge is -2.27. The molecule has 1 aliphatic carbocycles. The third-order valence-electron chi connectivity index (χ3n) is 4.02. The number of nitrogens with zero attached hydrogens (tertiary/aromatic N) is 1. The monoisotopic (exact) mass is 256 g/mol. The molecule has 19 heavy (non-hydrogen) atoms. The van der Waals surface area contributed by atoms with E-state index >= 15 is 0 Å². The molecule has 3 heteroatoms. The van der Waals surface area contributed by atoms with Crippen molar-refractivity contribution in [2.45, 2.75) is 38.7 Å². The Morgan fingerprint density at radius 3 is 2.74 bits per heavy atom. The Balaban J connectivity index is 1.87. The molecule has 100 valence electrons. The molecule has 1 saturated carbocycles. The molecule has 1 heterocycles. The topological polar surface area (TPSA) is 48.1 Å². The Hall–Kier alpha value is -1.77. The lowest BCUT2D eigenvalue weighted by molar-refractivity contribution is 0.137.